The van der Waals surface area contributed by atoms with E-state index < -0.39 is 0 Å². The maximum Gasteiger partial charge on any atom is 0.220 e. The summed E-state index contributed by atoms with van der Waals surface area (Å²) in [5.41, 5.74) is 0.623. The van der Waals surface area contributed by atoms with Crippen LogP contribution in [0.15, 0.2) is 43.0 Å². The fourth-order valence-electron chi connectivity index (χ4n) is 1.35. The Bertz CT molecular complexity index is 384. The van der Waals surface area contributed by atoms with E-state index in [0.717, 1.165) is 0 Å². The largest absolute Gasteiger partial charge is 0.332 e. The number of benzene rings is 1. The summed E-state index contributed by atoms with van der Waals surface area (Å²) in [6.45, 7) is 5.50. The molecule has 0 saturated carbocycles. The molecule has 1 aromatic rings. The van der Waals surface area contributed by atoms with Gasteiger partial charge in [0.05, 0.1) is 6.54 Å². The number of amides is 1. The van der Waals surface area contributed by atoms with Crippen LogP contribution < -0.4 is 0 Å². The molecule has 0 aliphatic carbocycles. The van der Waals surface area contributed by atoms with Crippen molar-refractivity contribution in [2.75, 3.05) is 13.1 Å². The van der Waals surface area contributed by atoms with Crippen molar-refractivity contribution in [3.8, 4) is 0 Å². The van der Waals surface area contributed by atoms with Crippen molar-refractivity contribution in [2.24, 2.45) is 0 Å². The number of carbonyl (C=O) groups excluding carboxylic acids is 2. The summed E-state index contributed by atoms with van der Waals surface area (Å²) < 4.78 is 0. The molecule has 3 nitrogen and oxygen atoms in total. The summed E-state index contributed by atoms with van der Waals surface area (Å²) in [5, 5.41) is 0. The Labute approximate surface area is 95.4 Å². The minimum atomic E-state index is -0.121. The lowest BCUT2D eigenvalue weighted by atomic mass is 10.1. The van der Waals surface area contributed by atoms with E-state index in [9.17, 15) is 9.59 Å². The molecule has 3 heteroatoms. The molecular formula is C13H15NO2. The van der Waals surface area contributed by atoms with Crippen molar-refractivity contribution in [2.45, 2.75) is 6.92 Å². The van der Waals surface area contributed by atoms with Gasteiger partial charge in [0.1, 0.15) is 0 Å². The fourth-order valence-corrected chi connectivity index (χ4v) is 1.35. The smallest absolute Gasteiger partial charge is 0.220 e. The normalized spacial score (nSPS) is 9.56. The molecule has 0 atom stereocenters. The van der Waals surface area contributed by atoms with Gasteiger partial charge in [-0.2, -0.15) is 0 Å². The maximum atomic E-state index is 11.8. The molecule has 0 aromatic heterocycles. The zero-order chi connectivity index (χ0) is 12.0. The fraction of sp³-hybridized carbons (Fsp3) is 0.231. The second-order valence-electron chi connectivity index (χ2n) is 3.48. The number of nitrogens with zero attached hydrogens (tertiary/aromatic N) is 1. The Kier molecular flexibility index (Phi) is 4.45. The van der Waals surface area contributed by atoms with Gasteiger partial charge < -0.3 is 4.90 Å². The van der Waals surface area contributed by atoms with Crippen molar-refractivity contribution in [3.63, 3.8) is 0 Å². The van der Waals surface area contributed by atoms with E-state index in [1.807, 2.05) is 6.07 Å². The van der Waals surface area contributed by atoms with Crippen LogP contribution in [0.4, 0.5) is 0 Å². The minimum Gasteiger partial charge on any atom is -0.332 e. The van der Waals surface area contributed by atoms with Gasteiger partial charge in [0.2, 0.25) is 5.91 Å². The van der Waals surface area contributed by atoms with Gasteiger partial charge in [0.15, 0.2) is 5.78 Å². The number of ketones is 1. The summed E-state index contributed by atoms with van der Waals surface area (Å²) in [6, 6.07) is 8.95. The first-order valence-electron chi connectivity index (χ1n) is 5.10. The van der Waals surface area contributed by atoms with Crippen LogP contribution in [0.1, 0.15) is 17.3 Å². The van der Waals surface area contributed by atoms with E-state index >= 15 is 0 Å². The monoisotopic (exact) mass is 217 g/mol. The molecular weight excluding hydrogens is 202 g/mol. The third kappa shape index (κ3) is 3.35. The Morgan fingerprint density at radius 1 is 1.31 bits per heavy atom. The van der Waals surface area contributed by atoms with E-state index in [1.54, 1.807) is 30.3 Å². The van der Waals surface area contributed by atoms with Gasteiger partial charge in [-0.1, -0.05) is 36.4 Å². The zero-order valence-electron chi connectivity index (χ0n) is 9.35. The lowest BCUT2D eigenvalue weighted by Gasteiger charge is -2.17. The maximum absolute atomic E-state index is 11.8. The molecule has 0 bridgehead atoms. The molecule has 1 amide bonds. The minimum absolute atomic E-state index is 0.0577. The highest BCUT2D eigenvalue weighted by atomic mass is 16.2. The molecule has 1 aromatic carbocycles. The zero-order valence-corrected chi connectivity index (χ0v) is 9.35. The molecule has 0 spiro atoms. The third-order valence-corrected chi connectivity index (χ3v) is 2.23. The van der Waals surface area contributed by atoms with E-state index in [2.05, 4.69) is 6.58 Å². The molecule has 16 heavy (non-hydrogen) atoms. The van der Waals surface area contributed by atoms with Gasteiger partial charge in [-0.15, -0.1) is 6.58 Å². The van der Waals surface area contributed by atoms with Crippen LogP contribution in [-0.4, -0.2) is 29.7 Å². The number of rotatable bonds is 5. The van der Waals surface area contributed by atoms with Crippen LogP contribution in [0.2, 0.25) is 0 Å². The molecule has 0 heterocycles. The molecule has 0 fully saturated rings. The van der Waals surface area contributed by atoms with Crippen molar-refractivity contribution in [1.82, 2.24) is 4.90 Å². The first-order valence-corrected chi connectivity index (χ1v) is 5.10. The van der Waals surface area contributed by atoms with Crippen LogP contribution >= 0.6 is 0 Å². The average Bonchev–Trinajstić information content (AvgIpc) is 2.29. The lowest BCUT2D eigenvalue weighted by Crippen LogP contribution is -2.34. The quantitative estimate of drug-likeness (QED) is 0.558. The van der Waals surface area contributed by atoms with Crippen LogP contribution in [-0.2, 0) is 4.79 Å². The predicted octanol–water partition coefficient (Wildman–Crippen LogP) is 1.90. The molecule has 0 radical (unpaired) electrons. The van der Waals surface area contributed by atoms with Gasteiger partial charge in [0, 0.05) is 19.0 Å². The van der Waals surface area contributed by atoms with E-state index in [1.165, 1.54) is 11.8 Å². The number of hydrogen-bond acceptors (Lipinski definition) is 2. The van der Waals surface area contributed by atoms with Crippen molar-refractivity contribution in [1.29, 1.82) is 0 Å². The van der Waals surface area contributed by atoms with Crippen molar-refractivity contribution in [3.05, 3.63) is 48.6 Å². The number of carbonyl (C=O) groups is 2. The summed E-state index contributed by atoms with van der Waals surface area (Å²) in [5.74, 6) is -0.179. The van der Waals surface area contributed by atoms with Gasteiger partial charge in [0.25, 0.3) is 0 Å². The third-order valence-electron chi connectivity index (χ3n) is 2.23. The standard InChI is InChI=1S/C13H15NO2/c1-3-9-14(11(2)15)10-13(16)12-7-5-4-6-8-12/h3-8H,1,9-10H2,2H3. The second kappa shape index (κ2) is 5.85. The Balaban J connectivity index is 2.69. The van der Waals surface area contributed by atoms with Crippen LogP contribution in [0.3, 0.4) is 0 Å². The molecule has 0 saturated heterocycles. The Morgan fingerprint density at radius 2 is 1.94 bits per heavy atom. The average molecular weight is 217 g/mol. The summed E-state index contributed by atoms with van der Waals surface area (Å²) >= 11 is 0. The van der Waals surface area contributed by atoms with E-state index in [-0.39, 0.29) is 18.2 Å². The first kappa shape index (κ1) is 12.2. The Hall–Kier alpha value is -1.90. The van der Waals surface area contributed by atoms with Gasteiger partial charge in [-0.3, -0.25) is 9.59 Å². The van der Waals surface area contributed by atoms with Gasteiger partial charge >= 0.3 is 0 Å². The molecule has 0 N–H and O–H groups in total. The Morgan fingerprint density at radius 3 is 2.44 bits per heavy atom. The van der Waals surface area contributed by atoms with Gasteiger partial charge in [-0.05, 0) is 0 Å². The van der Waals surface area contributed by atoms with Crippen molar-refractivity contribution >= 4 is 11.7 Å². The van der Waals surface area contributed by atoms with E-state index in [0.29, 0.717) is 12.1 Å². The van der Waals surface area contributed by atoms with E-state index in [4.69, 9.17) is 0 Å². The molecule has 0 aliphatic rings. The number of Topliss-reactive ketones (excluding diaryl/α,β-unsaturated/α-hetero) is 1. The van der Waals surface area contributed by atoms with Crippen LogP contribution in [0, 0.1) is 0 Å². The molecule has 0 unspecified atom stereocenters. The molecule has 0 aliphatic heterocycles. The number of hydrogen-bond donors (Lipinski definition) is 0. The van der Waals surface area contributed by atoms with Crippen molar-refractivity contribution < 1.29 is 9.59 Å². The summed E-state index contributed by atoms with van der Waals surface area (Å²) in [4.78, 5) is 24.5. The van der Waals surface area contributed by atoms with Gasteiger partial charge in [-0.25, -0.2) is 0 Å². The summed E-state index contributed by atoms with van der Waals surface area (Å²) in [6.07, 6.45) is 1.61. The first-order chi connectivity index (χ1) is 7.65. The molecule has 1 rings (SSSR count). The highest BCUT2D eigenvalue weighted by Crippen LogP contribution is 2.02. The highest BCUT2D eigenvalue weighted by molar-refractivity contribution is 5.99. The van der Waals surface area contributed by atoms with Crippen LogP contribution in [0.25, 0.3) is 0 Å². The summed E-state index contributed by atoms with van der Waals surface area (Å²) in [7, 11) is 0. The highest BCUT2D eigenvalue weighted by Gasteiger charge is 2.13. The SMILES string of the molecule is C=CCN(CC(=O)c1ccccc1)C(C)=O. The van der Waals surface area contributed by atoms with Crippen LogP contribution in [0.5, 0.6) is 0 Å². The predicted molar refractivity (Wildman–Crippen MR) is 63.2 cm³/mol. The lowest BCUT2D eigenvalue weighted by molar-refractivity contribution is -0.127. The topological polar surface area (TPSA) is 37.4 Å². The molecule has 84 valence electrons. The second-order valence-corrected chi connectivity index (χ2v) is 3.48.